The summed E-state index contributed by atoms with van der Waals surface area (Å²) in [7, 11) is 0. The second kappa shape index (κ2) is 6.93. The van der Waals surface area contributed by atoms with E-state index in [1.807, 2.05) is 6.07 Å². The minimum atomic E-state index is 0.546. The van der Waals surface area contributed by atoms with Crippen LogP contribution in [0.25, 0.3) is 0 Å². The first-order valence-corrected chi connectivity index (χ1v) is 8.66. The van der Waals surface area contributed by atoms with Crippen molar-refractivity contribution in [3.05, 3.63) is 57.2 Å². The van der Waals surface area contributed by atoms with Gasteiger partial charge in [0, 0.05) is 36.6 Å². The molecule has 112 valence electrons. The van der Waals surface area contributed by atoms with Gasteiger partial charge in [0.15, 0.2) is 0 Å². The van der Waals surface area contributed by atoms with Gasteiger partial charge in [-0.25, -0.2) is 0 Å². The van der Waals surface area contributed by atoms with Crippen molar-refractivity contribution >= 4 is 22.9 Å². The number of nitrogens with zero attached hydrogens (tertiary/aromatic N) is 1. The van der Waals surface area contributed by atoms with Gasteiger partial charge in [0.25, 0.3) is 0 Å². The highest BCUT2D eigenvalue weighted by Crippen LogP contribution is 2.24. The third kappa shape index (κ3) is 4.07. The summed E-state index contributed by atoms with van der Waals surface area (Å²) in [5.74, 6) is 0. The van der Waals surface area contributed by atoms with Crippen molar-refractivity contribution < 1.29 is 0 Å². The molecule has 2 heterocycles. The van der Waals surface area contributed by atoms with E-state index in [-0.39, 0.29) is 0 Å². The van der Waals surface area contributed by atoms with Crippen LogP contribution in [0.1, 0.15) is 17.4 Å². The van der Waals surface area contributed by atoms with Gasteiger partial charge < -0.3 is 5.32 Å². The number of rotatable bonds is 4. The standard InChI is InChI=1S/C17H21ClN2S/c1-13-11-20(12-16-7-8-17(18)21-16)15(10-19-13)9-14-5-3-2-4-6-14/h2-8,13,15,19H,9-12H2,1H3. The van der Waals surface area contributed by atoms with Crippen LogP contribution in [0, 0.1) is 0 Å². The van der Waals surface area contributed by atoms with Gasteiger partial charge in [0.2, 0.25) is 0 Å². The summed E-state index contributed by atoms with van der Waals surface area (Å²) >= 11 is 7.75. The van der Waals surface area contributed by atoms with E-state index in [9.17, 15) is 0 Å². The Hall–Kier alpha value is -0.870. The van der Waals surface area contributed by atoms with Gasteiger partial charge in [-0.2, -0.15) is 0 Å². The lowest BCUT2D eigenvalue weighted by molar-refractivity contribution is 0.128. The second-order valence-electron chi connectivity index (χ2n) is 5.79. The first-order valence-electron chi connectivity index (χ1n) is 7.46. The van der Waals surface area contributed by atoms with Crippen LogP contribution in [0.2, 0.25) is 4.34 Å². The first kappa shape index (κ1) is 15.0. The highest BCUT2D eigenvalue weighted by molar-refractivity contribution is 7.16. The lowest BCUT2D eigenvalue weighted by Gasteiger charge is -2.39. The van der Waals surface area contributed by atoms with Crippen molar-refractivity contribution in [1.29, 1.82) is 0 Å². The monoisotopic (exact) mass is 320 g/mol. The van der Waals surface area contributed by atoms with E-state index >= 15 is 0 Å². The molecule has 1 fully saturated rings. The van der Waals surface area contributed by atoms with E-state index in [0.717, 1.165) is 30.4 Å². The van der Waals surface area contributed by atoms with E-state index < -0.39 is 0 Å². The summed E-state index contributed by atoms with van der Waals surface area (Å²) in [6.45, 7) is 5.40. The Kier molecular flexibility index (Phi) is 4.96. The maximum atomic E-state index is 6.06. The third-order valence-electron chi connectivity index (χ3n) is 4.03. The molecule has 0 bridgehead atoms. The number of hydrogen-bond acceptors (Lipinski definition) is 3. The lowest BCUT2D eigenvalue weighted by Crippen LogP contribution is -2.55. The summed E-state index contributed by atoms with van der Waals surface area (Å²) in [4.78, 5) is 3.95. The van der Waals surface area contributed by atoms with E-state index in [2.05, 4.69) is 53.5 Å². The predicted octanol–water partition coefficient (Wildman–Crippen LogP) is 3.81. The molecule has 2 aromatic rings. The van der Waals surface area contributed by atoms with E-state index in [1.54, 1.807) is 11.3 Å². The largest absolute Gasteiger partial charge is 0.311 e. The predicted molar refractivity (Wildman–Crippen MR) is 91.1 cm³/mol. The Morgan fingerprint density at radius 2 is 2.05 bits per heavy atom. The van der Waals surface area contributed by atoms with Crippen LogP contribution >= 0.6 is 22.9 Å². The molecule has 0 radical (unpaired) electrons. The zero-order chi connectivity index (χ0) is 14.7. The van der Waals surface area contributed by atoms with E-state index in [4.69, 9.17) is 11.6 Å². The Balaban J connectivity index is 1.70. The summed E-state index contributed by atoms with van der Waals surface area (Å²) < 4.78 is 0.882. The maximum Gasteiger partial charge on any atom is 0.0931 e. The van der Waals surface area contributed by atoms with Crippen LogP contribution in [0.3, 0.4) is 0 Å². The number of nitrogens with one attached hydrogen (secondary N) is 1. The first-order chi connectivity index (χ1) is 10.2. The third-order valence-corrected chi connectivity index (χ3v) is 5.24. The fourth-order valence-corrected chi connectivity index (χ4v) is 4.06. The van der Waals surface area contributed by atoms with Crippen molar-refractivity contribution in [3.8, 4) is 0 Å². The number of hydrogen-bond donors (Lipinski definition) is 1. The summed E-state index contributed by atoms with van der Waals surface area (Å²) in [6.07, 6.45) is 1.10. The van der Waals surface area contributed by atoms with Crippen LogP contribution in [-0.4, -0.2) is 30.1 Å². The highest BCUT2D eigenvalue weighted by Gasteiger charge is 2.26. The van der Waals surface area contributed by atoms with Gasteiger partial charge in [0.1, 0.15) is 0 Å². The van der Waals surface area contributed by atoms with Gasteiger partial charge in [0.05, 0.1) is 4.34 Å². The van der Waals surface area contributed by atoms with E-state index in [1.165, 1.54) is 10.4 Å². The van der Waals surface area contributed by atoms with Crippen LogP contribution in [0.15, 0.2) is 42.5 Å². The number of halogens is 1. The number of thiophene rings is 1. The molecule has 1 N–H and O–H groups in total. The van der Waals surface area contributed by atoms with Crippen molar-refractivity contribution in [1.82, 2.24) is 10.2 Å². The average Bonchev–Trinajstić information content (AvgIpc) is 2.88. The highest BCUT2D eigenvalue weighted by atomic mass is 35.5. The normalized spacial score (nSPS) is 23.3. The molecular formula is C17H21ClN2S. The minimum absolute atomic E-state index is 0.546. The molecule has 1 aliphatic rings. The fraction of sp³-hybridized carbons (Fsp3) is 0.412. The maximum absolute atomic E-state index is 6.06. The Morgan fingerprint density at radius 1 is 1.24 bits per heavy atom. The zero-order valence-corrected chi connectivity index (χ0v) is 13.8. The van der Waals surface area contributed by atoms with Gasteiger partial charge in [-0.1, -0.05) is 41.9 Å². The van der Waals surface area contributed by atoms with Crippen LogP contribution in [-0.2, 0) is 13.0 Å². The molecular weight excluding hydrogens is 300 g/mol. The zero-order valence-electron chi connectivity index (χ0n) is 12.3. The molecule has 1 saturated heterocycles. The van der Waals surface area contributed by atoms with Crippen molar-refractivity contribution in [3.63, 3.8) is 0 Å². The number of piperazine rings is 1. The number of benzene rings is 1. The quantitative estimate of drug-likeness (QED) is 0.921. The minimum Gasteiger partial charge on any atom is -0.311 e. The van der Waals surface area contributed by atoms with Gasteiger partial charge in [-0.15, -0.1) is 11.3 Å². The summed E-state index contributed by atoms with van der Waals surface area (Å²) in [5, 5.41) is 3.61. The Morgan fingerprint density at radius 3 is 2.76 bits per heavy atom. The average molecular weight is 321 g/mol. The smallest absolute Gasteiger partial charge is 0.0931 e. The lowest BCUT2D eigenvalue weighted by atomic mass is 10.0. The molecule has 4 heteroatoms. The van der Waals surface area contributed by atoms with Gasteiger partial charge in [-0.3, -0.25) is 4.90 Å². The van der Waals surface area contributed by atoms with Crippen molar-refractivity contribution in [2.45, 2.75) is 32.0 Å². The van der Waals surface area contributed by atoms with Gasteiger partial charge >= 0.3 is 0 Å². The molecule has 3 rings (SSSR count). The molecule has 1 aliphatic heterocycles. The Bertz CT molecular complexity index is 569. The topological polar surface area (TPSA) is 15.3 Å². The second-order valence-corrected chi connectivity index (χ2v) is 7.59. The van der Waals surface area contributed by atoms with E-state index in [0.29, 0.717) is 12.1 Å². The Labute approximate surface area is 135 Å². The molecule has 0 amide bonds. The van der Waals surface area contributed by atoms with Gasteiger partial charge in [-0.05, 0) is 31.0 Å². The summed E-state index contributed by atoms with van der Waals surface area (Å²) in [6, 6.07) is 16.0. The van der Waals surface area contributed by atoms with Crippen molar-refractivity contribution in [2.75, 3.05) is 13.1 Å². The molecule has 2 unspecified atom stereocenters. The SMILES string of the molecule is CC1CN(Cc2ccc(Cl)s2)C(Cc2ccccc2)CN1. The van der Waals surface area contributed by atoms with Crippen molar-refractivity contribution in [2.24, 2.45) is 0 Å². The molecule has 21 heavy (non-hydrogen) atoms. The van der Waals surface area contributed by atoms with Crippen LogP contribution < -0.4 is 5.32 Å². The molecule has 0 saturated carbocycles. The molecule has 1 aromatic carbocycles. The van der Waals surface area contributed by atoms with Crippen LogP contribution in [0.5, 0.6) is 0 Å². The molecule has 0 aliphatic carbocycles. The fourth-order valence-electron chi connectivity index (χ4n) is 2.95. The molecule has 2 nitrogen and oxygen atoms in total. The molecule has 0 spiro atoms. The van der Waals surface area contributed by atoms with Crippen LogP contribution in [0.4, 0.5) is 0 Å². The summed E-state index contributed by atoms with van der Waals surface area (Å²) in [5.41, 5.74) is 1.41. The molecule has 1 aromatic heterocycles. The molecule has 2 atom stereocenters.